The van der Waals surface area contributed by atoms with E-state index in [0.717, 1.165) is 37.0 Å². The lowest BCUT2D eigenvalue weighted by molar-refractivity contribution is -0.123. The number of hydrogen-bond acceptors (Lipinski definition) is 4. The highest BCUT2D eigenvalue weighted by Crippen LogP contribution is 2.48. The van der Waals surface area contributed by atoms with Gasteiger partial charge in [-0.05, 0) is 49.4 Å². The first kappa shape index (κ1) is 37.4. The van der Waals surface area contributed by atoms with Gasteiger partial charge in [-0.15, -0.1) is 0 Å². The zero-order valence-corrected chi connectivity index (χ0v) is 24.7. The van der Waals surface area contributed by atoms with Gasteiger partial charge in [-0.2, -0.15) is 0 Å². The molecule has 6 nitrogen and oxygen atoms in total. The Hall–Kier alpha value is -1.14. The van der Waals surface area contributed by atoms with E-state index in [1.165, 1.54) is 25.7 Å². The fraction of sp³-hybridized carbons (Fsp3) is 0.929. The molecule has 2 rings (SSSR count). The van der Waals surface area contributed by atoms with Crippen LogP contribution in [0.3, 0.4) is 0 Å². The molecule has 1 saturated carbocycles. The third kappa shape index (κ3) is 13.1. The Morgan fingerprint density at radius 3 is 1.79 bits per heavy atom. The number of carbonyl (C=O) groups is 2. The highest BCUT2D eigenvalue weighted by atomic mass is 16.5. The minimum atomic E-state index is 0.202. The van der Waals surface area contributed by atoms with Crippen LogP contribution < -0.4 is 5.73 Å². The fourth-order valence-corrected chi connectivity index (χ4v) is 4.98. The summed E-state index contributed by atoms with van der Waals surface area (Å²) in [4.78, 5) is 21.5. The number of ether oxygens (including phenoxy) is 2. The van der Waals surface area contributed by atoms with Gasteiger partial charge >= 0.3 is 0 Å². The monoisotopic (exact) mass is 488 g/mol. The molecular weight excluding hydrogens is 428 g/mol. The Kier molecular flexibility index (Phi) is 26.0. The summed E-state index contributed by atoms with van der Waals surface area (Å²) in [7, 11) is 3.59. The van der Waals surface area contributed by atoms with Gasteiger partial charge in [0, 0.05) is 20.3 Å². The zero-order chi connectivity index (χ0) is 27.3. The van der Waals surface area contributed by atoms with Crippen molar-refractivity contribution in [1.29, 1.82) is 0 Å². The molecule has 7 atom stereocenters. The Labute approximate surface area is 212 Å². The van der Waals surface area contributed by atoms with Gasteiger partial charge in [0.25, 0.3) is 0 Å². The standard InChI is InChI=1S/C12H26O.C11H19NO2.2C2H6.CH3NO/c1-6-9-11(10(4)7-2)12(8-3)13-5;1-7(2)11(14-3)10-5-8-4-9(8)12(10)6-13;2*1-2;2-1-3/h10-12H,6-9H2,1-5H3;6-11H,4-5H2,1-3H3;2*1-2H3;1H,(H2,2,3). The Morgan fingerprint density at radius 2 is 1.47 bits per heavy atom. The van der Waals surface area contributed by atoms with E-state index in [9.17, 15) is 4.79 Å². The summed E-state index contributed by atoms with van der Waals surface area (Å²) >= 11 is 0. The molecule has 2 aliphatic rings. The van der Waals surface area contributed by atoms with Crippen molar-refractivity contribution in [2.75, 3.05) is 14.2 Å². The lowest BCUT2D eigenvalue weighted by atomic mass is 9.83. The first-order valence-electron chi connectivity index (χ1n) is 13.7. The second-order valence-electron chi connectivity index (χ2n) is 9.02. The van der Waals surface area contributed by atoms with Gasteiger partial charge < -0.3 is 20.1 Å². The molecule has 2 N–H and O–H groups in total. The van der Waals surface area contributed by atoms with Crippen LogP contribution in [-0.2, 0) is 19.1 Å². The van der Waals surface area contributed by atoms with Crippen LogP contribution in [0.25, 0.3) is 0 Å². The van der Waals surface area contributed by atoms with Gasteiger partial charge in [0.1, 0.15) is 0 Å². The van der Waals surface area contributed by atoms with Crippen molar-refractivity contribution in [2.45, 2.75) is 132 Å². The molecule has 0 radical (unpaired) electrons. The highest BCUT2D eigenvalue weighted by molar-refractivity contribution is 5.51. The number of primary amides is 1. The molecule has 0 aromatic rings. The summed E-state index contributed by atoms with van der Waals surface area (Å²) in [5.74, 6) is 2.79. The predicted molar refractivity (Wildman–Crippen MR) is 146 cm³/mol. The SMILES string of the molecule is CC.CC.CCCC(C(C)CC)C(CC)OC.COC(C(C)C)C1CC2CC2N1C=O.NC=O. The van der Waals surface area contributed by atoms with Crippen LogP contribution in [0.2, 0.25) is 0 Å². The average Bonchev–Trinajstić information content (AvgIpc) is 3.53. The van der Waals surface area contributed by atoms with E-state index in [2.05, 4.69) is 47.3 Å². The van der Waals surface area contributed by atoms with Crippen LogP contribution in [0.1, 0.15) is 108 Å². The molecule has 1 aliphatic heterocycles. The van der Waals surface area contributed by atoms with E-state index >= 15 is 0 Å². The number of nitrogens with zero attached hydrogens (tertiary/aromatic N) is 1. The zero-order valence-electron chi connectivity index (χ0n) is 24.7. The average molecular weight is 489 g/mol. The number of piperidine rings is 1. The Morgan fingerprint density at radius 1 is 0.941 bits per heavy atom. The molecule has 0 aromatic heterocycles. The van der Waals surface area contributed by atoms with Gasteiger partial charge in [0.05, 0.1) is 18.2 Å². The van der Waals surface area contributed by atoms with Crippen molar-refractivity contribution in [1.82, 2.24) is 4.90 Å². The molecule has 0 spiro atoms. The first-order valence-corrected chi connectivity index (χ1v) is 13.7. The largest absolute Gasteiger partial charge is 0.381 e. The third-order valence-electron chi connectivity index (χ3n) is 6.81. The minimum Gasteiger partial charge on any atom is -0.381 e. The summed E-state index contributed by atoms with van der Waals surface area (Å²) in [5.41, 5.74) is 4.17. The number of likely N-dealkylation sites (tertiary alicyclic amines) is 1. The predicted octanol–water partition coefficient (Wildman–Crippen LogP) is 6.30. The quantitative estimate of drug-likeness (QED) is 0.346. The van der Waals surface area contributed by atoms with Crippen molar-refractivity contribution in [3.05, 3.63) is 0 Å². The summed E-state index contributed by atoms with van der Waals surface area (Å²) < 4.78 is 11.0. The van der Waals surface area contributed by atoms with Crippen LogP contribution in [0, 0.1) is 23.7 Å². The second-order valence-corrected chi connectivity index (χ2v) is 9.02. The molecule has 1 aliphatic carbocycles. The van der Waals surface area contributed by atoms with Crippen molar-refractivity contribution < 1.29 is 19.1 Å². The van der Waals surface area contributed by atoms with Gasteiger partial charge in [0.15, 0.2) is 0 Å². The molecule has 206 valence electrons. The number of hydrogen-bond donors (Lipinski definition) is 1. The Balaban J connectivity index is -0.000000449. The van der Waals surface area contributed by atoms with Gasteiger partial charge in [-0.3, -0.25) is 9.59 Å². The van der Waals surface area contributed by atoms with E-state index in [4.69, 9.17) is 14.3 Å². The first-order chi connectivity index (χ1) is 16.3. The topological polar surface area (TPSA) is 81.9 Å². The molecule has 0 bridgehead atoms. The fourth-order valence-electron chi connectivity index (χ4n) is 4.98. The minimum absolute atomic E-state index is 0.202. The van der Waals surface area contributed by atoms with Gasteiger partial charge in [-0.1, -0.05) is 82.1 Å². The van der Waals surface area contributed by atoms with Crippen molar-refractivity contribution in [3.63, 3.8) is 0 Å². The van der Waals surface area contributed by atoms with Crippen LogP contribution in [0.5, 0.6) is 0 Å². The lowest BCUT2D eigenvalue weighted by Crippen LogP contribution is -2.44. The maximum absolute atomic E-state index is 11.0. The van der Waals surface area contributed by atoms with Crippen molar-refractivity contribution in [3.8, 4) is 0 Å². The summed E-state index contributed by atoms with van der Waals surface area (Å²) in [6.07, 6.45) is 9.27. The van der Waals surface area contributed by atoms with Crippen molar-refractivity contribution in [2.24, 2.45) is 29.4 Å². The van der Waals surface area contributed by atoms with E-state index in [-0.39, 0.29) is 12.5 Å². The van der Waals surface area contributed by atoms with Crippen LogP contribution >= 0.6 is 0 Å². The summed E-state index contributed by atoms with van der Waals surface area (Å²) in [6, 6.07) is 0.857. The third-order valence-corrected chi connectivity index (χ3v) is 6.81. The second kappa shape index (κ2) is 23.6. The van der Waals surface area contributed by atoms with E-state index in [0.29, 0.717) is 24.1 Å². The van der Waals surface area contributed by atoms with E-state index < -0.39 is 0 Å². The molecule has 7 unspecified atom stereocenters. The molecule has 2 fully saturated rings. The molecule has 0 aromatic carbocycles. The smallest absolute Gasteiger partial charge is 0.210 e. The molecule has 2 amide bonds. The number of amides is 2. The van der Waals surface area contributed by atoms with Crippen molar-refractivity contribution >= 4 is 12.8 Å². The number of carbonyl (C=O) groups excluding carboxylic acids is 2. The summed E-state index contributed by atoms with van der Waals surface area (Å²) in [6.45, 7) is 21.4. The molecule has 6 heteroatoms. The lowest BCUT2D eigenvalue weighted by Gasteiger charge is -2.32. The highest BCUT2D eigenvalue weighted by Gasteiger charge is 2.53. The van der Waals surface area contributed by atoms with Crippen LogP contribution in [0.4, 0.5) is 0 Å². The molecule has 1 heterocycles. The van der Waals surface area contributed by atoms with Crippen LogP contribution in [0.15, 0.2) is 0 Å². The normalized spacial score (nSPS) is 23.0. The molecule has 34 heavy (non-hydrogen) atoms. The van der Waals surface area contributed by atoms with Gasteiger partial charge in [-0.25, -0.2) is 0 Å². The molecular formula is C28H60N2O4. The summed E-state index contributed by atoms with van der Waals surface area (Å²) in [5, 5.41) is 0. The number of fused-ring (bicyclic) bond motifs is 1. The maximum Gasteiger partial charge on any atom is 0.210 e. The van der Waals surface area contributed by atoms with Crippen LogP contribution in [-0.4, -0.2) is 56.2 Å². The molecule has 1 saturated heterocycles. The maximum atomic E-state index is 11.0. The number of nitrogens with two attached hydrogens (primary N) is 1. The Bertz CT molecular complexity index is 458. The van der Waals surface area contributed by atoms with E-state index in [1.54, 1.807) is 7.11 Å². The number of methoxy groups -OCH3 is 2. The van der Waals surface area contributed by atoms with E-state index in [1.807, 2.05) is 39.7 Å². The number of rotatable bonds is 11. The van der Waals surface area contributed by atoms with Gasteiger partial charge in [0.2, 0.25) is 12.8 Å².